The molecule has 1 aromatic carbocycles. The van der Waals surface area contributed by atoms with Gasteiger partial charge in [0.2, 0.25) is 10.0 Å². The molecule has 29 heavy (non-hydrogen) atoms. The van der Waals surface area contributed by atoms with Crippen LogP contribution in [0.4, 0.5) is 0 Å². The molecule has 0 radical (unpaired) electrons. The van der Waals surface area contributed by atoms with E-state index in [-0.39, 0.29) is 28.9 Å². The monoisotopic (exact) mass is 551 g/mol. The number of hydrogen-bond acceptors (Lipinski definition) is 5. The fraction of sp³-hybridized carbons (Fsp3) is 0.474. The van der Waals surface area contributed by atoms with Crippen molar-refractivity contribution in [3.8, 4) is 0 Å². The average Bonchev–Trinajstić information content (AvgIpc) is 3.13. The van der Waals surface area contributed by atoms with E-state index in [0.29, 0.717) is 25.0 Å². The molecule has 2 N–H and O–H groups in total. The second kappa shape index (κ2) is 11.8. The Balaban J connectivity index is 0.00000420. The van der Waals surface area contributed by atoms with Crippen LogP contribution in [0, 0.1) is 0 Å². The number of aliphatic imine (C=N–C) groups is 1. The second-order valence-electron chi connectivity index (χ2n) is 6.80. The van der Waals surface area contributed by atoms with Crippen molar-refractivity contribution >= 4 is 51.3 Å². The highest BCUT2D eigenvalue weighted by Gasteiger charge is 2.16. The van der Waals surface area contributed by atoms with Gasteiger partial charge in [0.05, 0.1) is 23.7 Å². The maximum Gasteiger partial charge on any atom is 0.242 e. The minimum absolute atomic E-state index is 0. The quantitative estimate of drug-likeness (QED) is 0.299. The summed E-state index contributed by atoms with van der Waals surface area (Å²) in [4.78, 5) is 9.48. The van der Waals surface area contributed by atoms with Gasteiger partial charge in [0.15, 0.2) is 5.96 Å². The molecular weight excluding hydrogens is 521 g/mol. The second-order valence-corrected chi connectivity index (χ2v) is 9.90. The fourth-order valence-electron chi connectivity index (χ4n) is 2.32. The number of rotatable bonds is 8. The van der Waals surface area contributed by atoms with Gasteiger partial charge in [0.1, 0.15) is 5.01 Å². The molecule has 0 fully saturated rings. The summed E-state index contributed by atoms with van der Waals surface area (Å²) in [5, 5.41) is 9.62. The first kappa shape index (κ1) is 25.8. The molecule has 0 bridgehead atoms. The first-order chi connectivity index (χ1) is 13.2. The van der Waals surface area contributed by atoms with Crippen LogP contribution in [0.15, 0.2) is 39.5 Å². The Morgan fingerprint density at radius 2 is 1.86 bits per heavy atom. The van der Waals surface area contributed by atoms with E-state index in [1.165, 1.54) is 18.4 Å². The van der Waals surface area contributed by atoms with Crippen LogP contribution in [-0.4, -0.2) is 44.3 Å². The van der Waals surface area contributed by atoms with Gasteiger partial charge in [0, 0.05) is 26.0 Å². The lowest BCUT2D eigenvalue weighted by molar-refractivity contribution is 0.520. The topological polar surface area (TPSA) is 86.7 Å². The standard InChI is InChI=1S/C19H29N5O2S2.HI/c1-6-20-19(22-12-18-23-17(13-27-18)14(2)3)21-11-15-7-9-16(10-8-15)28(25,26)24(4)5;/h7-10,13-14H,6,11-12H2,1-5H3,(H2,20,21,22);1H. The summed E-state index contributed by atoms with van der Waals surface area (Å²) in [6, 6.07) is 6.81. The third-order valence-corrected chi connectivity index (χ3v) is 6.73. The first-order valence-corrected chi connectivity index (χ1v) is 11.5. The van der Waals surface area contributed by atoms with Gasteiger partial charge in [-0.2, -0.15) is 0 Å². The Kier molecular flexibility index (Phi) is 10.5. The number of nitrogens with zero attached hydrogens (tertiary/aromatic N) is 3. The van der Waals surface area contributed by atoms with E-state index in [1.807, 2.05) is 6.92 Å². The van der Waals surface area contributed by atoms with Gasteiger partial charge >= 0.3 is 0 Å². The van der Waals surface area contributed by atoms with Crippen LogP contribution >= 0.6 is 35.3 Å². The first-order valence-electron chi connectivity index (χ1n) is 9.22. The Morgan fingerprint density at radius 1 is 1.21 bits per heavy atom. The van der Waals surface area contributed by atoms with Crippen molar-refractivity contribution in [1.29, 1.82) is 0 Å². The summed E-state index contributed by atoms with van der Waals surface area (Å²) in [5.41, 5.74) is 2.04. The van der Waals surface area contributed by atoms with E-state index in [4.69, 9.17) is 0 Å². The van der Waals surface area contributed by atoms with Crippen LogP contribution in [0.25, 0.3) is 0 Å². The molecule has 0 aliphatic heterocycles. The van der Waals surface area contributed by atoms with Crippen LogP contribution < -0.4 is 10.6 Å². The molecule has 0 atom stereocenters. The van der Waals surface area contributed by atoms with Crippen LogP contribution in [0.3, 0.4) is 0 Å². The number of aromatic nitrogens is 1. The highest BCUT2D eigenvalue weighted by Crippen LogP contribution is 2.17. The number of hydrogen-bond donors (Lipinski definition) is 2. The zero-order valence-corrected chi connectivity index (χ0v) is 21.4. The highest BCUT2D eigenvalue weighted by atomic mass is 127. The summed E-state index contributed by atoms with van der Waals surface area (Å²) in [6.45, 7) is 8.09. The van der Waals surface area contributed by atoms with Gasteiger partial charge in [-0.3, -0.25) is 0 Å². The number of sulfonamides is 1. The van der Waals surface area contributed by atoms with Crippen LogP contribution in [0.5, 0.6) is 0 Å². The lowest BCUT2D eigenvalue weighted by Gasteiger charge is -2.12. The van der Waals surface area contributed by atoms with Crippen molar-refractivity contribution in [2.75, 3.05) is 20.6 Å². The zero-order chi connectivity index (χ0) is 20.7. The maximum atomic E-state index is 12.1. The van der Waals surface area contributed by atoms with Gasteiger partial charge < -0.3 is 10.6 Å². The Bertz CT molecular complexity index is 894. The summed E-state index contributed by atoms with van der Waals surface area (Å²) >= 11 is 1.64. The molecule has 1 heterocycles. The minimum Gasteiger partial charge on any atom is -0.357 e. The molecule has 0 unspecified atom stereocenters. The number of thiazole rings is 1. The molecule has 2 rings (SSSR count). The van der Waals surface area contributed by atoms with E-state index in [9.17, 15) is 8.42 Å². The van der Waals surface area contributed by atoms with Crippen molar-refractivity contribution in [3.05, 3.63) is 45.9 Å². The third-order valence-electron chi connectivity index (χ3n) is 4.03. The number of halogens is 1. The van der Waals surface area contributed by atoms with Crippen molar-refractivity contribution in [1.82, 2.24) is 19.9 Å². The molecule has 1 aromatic heterocycles. The maximum absolute atomic E-state index is 12.1. The lowest BCUT2D eigenvalue weighted by Crippen LogP contribution is -2.36. The summed E-state index contributed by atoms with van der Waals surface area (Å²) in [5.74, 6) is 1.12. The SMILES string of the molecule is CCNC(=NCc1ccc(S(=O)(=O)N(C)C)cc1)NCc1nc(C(C)C)cs1.I. The van der Waals surface area contributed by atoms with E-state index in [1.54, 1.807) is 35.6 Å². The Morgan fingerprint density at radius 3 is 2.38 bits per heavy atom. The van der Waals surface area contributed by atoms with Crippen molar-refractivity contribution in [3.63, 3.8) is 0 Å². The summed E-state index contributed by atoms with van der Waals surface area (Å²) < 4.78 is 25.5. The van der Waals surface area contributed by atoms with Gasteiger partial charge in [-0.15, -0.1) is 35.3 Å². The molecule has 10 heteroatoms. The largest absolute Gasteiger partial charge is 0.357 e. The van der Waals surface area contributed by atoms with Crippen molar-refractivity contribution < 1.29 is 8.42 Å². The van der Waals surface area contributed by atoms with Crippen molar-refractivity contribution in [2.45, 2.75) is 44.7 Å². The van der Waals surface area contributed by atoms with Gasteiger partial charge in [-0.1, -0.05) is 26.0 Å². The molecule has 162 valence electrons. The van der Waals surface area contributed by atoms with E-state index >= 15 is 0 Å². The fourth-order valence-corrected chi connectivity index (χ4v) is 4.12. The molecule has 0 saturated carbocycles. The Hall–Kier alpha value is -1.24. The lowest BCUT2D eigenvalue weighted by atomic mass is 10.2. The zero-order valence-electron chi connectivity index (χ0n) is 17.5. The molecule has 0 saturated heterocycles. The van der Waals surface area contributed by atoms with Crippen molar-refractivity contribution in [2.24, 2.45) is 4.99 Å². The third kappa shape index (κ3) is 7.50. The summed E-state index contributed by atoms with van der Waals surface area (Å²) in [6.07, 6.45) is 0. The number of benzene rings is 1. The van der Waals surface area contributed by atoms with Crippen LogP contribution in [0.1, 0.15) is 43.0 Å². The number of nitrogens with one attached hydrogen (secondary N) is 2. The molecule has 0 aliphatic carbocycles. The molecule has 0 amide bonds. The van der Waals surface area contributed by atoms with E-state index < -0.39 is 10.0 Å². The van der Waals surface area contributed by atoms with Crippen LogP contribution in [-0.2, 0) is 23.1 Å². The van der Waals surface area contributed by atoms with Gasteiger partial charge in [-0.25, -0.2) is 22.7 Å². The van der Waals surface area contributed by atoms with Gasteiger partial charge in [0.25, 0.3) is 0 Å². The van der Waals surface area contributed by atoms with E-state index in [0.717, 1.165) is 22.8 Å². The molecule has 0 aliphatic rings. The van der Waals surface area contributed by atoms with E-state index in [2.05, 4.69) is 39.8 Å². The predicted octanol–water partition coefficient (Wildman–Crippen LogP) is 3.39. The smallest absolute Gasteiger partial charge is 0.242 e. The number of guanidine groups is 1. The molecule has 2 aromatic rings. The summed E-state index contributed by atoms with van der Waals surface area (Å²) in [7, 11) is -0.365. The minimum atomic E-state index is -3.41. The Labute approximate surface area is 195 Å². The van der Waals surface area contributed by atoms with Gasteiger partial charge in [-0.05, 0) is 30.5 Å². The molecule has 0 spiro atoms. The van der Waals surface area contributed by atoms with Crippen LogP contribution in [0.2, 0.25) is 0 Å². The molecule has 7 nitrogen and oxygen atoms in total. The average molecular weight is 552 g/mol. The molecular formula is C19H30IN5O2S2. The predicted molar refractivity (Wildman–Crippen MR) is 131 cm³/mol. The normalized spacial score (nSPS) is 12.2. The highest BCUT2D eigenvalue weighted by molar-refractivity contribution is 14.0.